The smallest absolute Gasteiger partial charge is 0.0440 e. The normalized spacial score (nSPS) is 20.6. The molecule has 1 aromatic carbocycles. The van der Waals surface area contributed by atoms with E-state index in [-0.39, 0.29) is 0 Å². The first-order chi connectivity index (χ1) is 6.81. The Bertz CT molecular complexity index is 322. The van der Waals surface area contributed by atoms with Crippen LogP contribution in [0.15, 0.2) is 18.2 Å². The van der Waals surface area contributed by atoms with Crippen LogP contribution in [-0.4, -0.2) is 6.54 Å². The van der Waals surface area contributed by atoms with Gasteiger partial charge in [0.1, 0.15) is 0 Å². The summed E-state index contributed by atoms with van der Waals surface area (Å²) in [6, 6.07) is 6.24. The molecule has 0 saturated carbocycles. The van der Waals surface area contributed by atoms with E-state index in [1.165, 1.54) is 17.5 Å². The SMILES string of the molecule is NCCC1CCc2c(Cl)cccc2C1. The van der Waals surface area contributed by atoms with Crippen molar-refractivity contribution in [2.45, 2.75) is 25.7 Å². The fourth-order valence-electron chi connectivity index (χ4n) is 2.32. The first kappa shape index (κ1) is 10.0. The van der Waals surface area contributed by atoms with E-state index in [2.05, 4.69) is 6.07 Å². The molecule has 76 valence electrons. The van der Waals surface area contributed by atoms with E-state index in [9.17, 15) is 0 Å². The predicted molar refractivity (Wildman–Crippen MR) is 60.6 cm³/mol. The summed E-state index contributed by atoms with van der Waals surface area (Å²) in [4.78, 5) is 0. The number of nitrogens with two attached hydrogens (primary N) is 1. The summed E-state index contributed by atoms with van der Waals surface area (Å²) >= 11 is 6.14. The van der Waals surface area contributed by atoms with Gasteiger partial charge in [-0.15, -0.1) is 0 Å². The first-order valence-electron chi connectivity index (χ1n) is 5.27. The molecule has 1 aliphatic rings. The van der Waals surface area contributed by atoms with Crippen LogP contribution in [0.4, 0.5) is 0 Å². The van der Waals surface area contributed by atoms with Gasteiger partial charge in [-0.3, -0.25) is 0 Å². The fourth-order valence-corrected chi connectivity index (χ4v) is 2.61. The molecule has 0 amide bonds. The average molecular weight is 210 g/mol. The summed E-state index contributed by atoms with van der Waals surface area (Å²) in [6.45, 7) is 0.806. The second kappa shape index (κ2) is 4.33. The first-order valence-corrected chi connectivity index (χ1v) is 5.65. The van der Waals surface area contributed by atoms with E-state index in [4.69, 9.17) is 17.3 Å². The Morgan fingerprint density at radius 2 is 2.29 bits per heavy atom. The van der Waals surface area contributed by atoms with Gasteiger partial charge in [-0.1, -0.05) is 23.7 Å². The monoisotopic (exact) mass is 209 g/mol. The molecule has 0 heterocycles. The molecule has 2 rings (SSSR count). The van der Waals surface area contributed by atoms with Gasteiger partial charge in [-0.2, -0.15) is 0 Å². The quantitative estimate of drug-likeness (QED) is 0.797. The van der Waals surface area contributed by atoms with Gasteiger partial charge >= 0.3 is 0 Å². The zero-order valence-electron chi connectivity index (χ0n) is 8.30. The molecule has 1 nitrogen and oxygen atoms in total. The van der Waals surface area contributed by atoms with Crippen LogP contribution >= 0.6 is 11.6 Å². The topological polar surface area (TPSA) is 26.0 Å². The average Bonchev–Trinajstić information content (AvgIpc) is 2.18. The van der Waals surface area contributed by atoms with E-state index >= 15 is 0 Å². The highest BCUT2D eigenvalue weighted by Gasteiger charge is 2.19. The van der Waals surface area contributed by atoms with Crippen LogP contribution in [0.2, 0.25) is 5.02 Å². The zero-order chi connectivity index (χ0) is 9.97. The molecule has 0 radical (unpaired) electrons. The third-order valence-corrected chi connectivity index (χ3v) is 3.46. The lowest BCUT2D eigenvalue weighted by Gasteiger charge is -2.24. The number of fused-ring (bicyclic) bond motifs is 1. The van der Waals surface area contributed by atoms with Crippen LogP contribution in [-0.2, 0) is 12.8 Å². The summed E-state index contributed by atoms with van der Waals surface area (Å²) in [6.07, 6.45) is 4.67. The maximum Gasteiger partial charge on any atom is 0.0440 e. The second-order valence-electron chi connectivity index (χ2n) is 4.06. The lowest BCUT2D eigenvalue weighted by molar-refractivity contribution is 0.433. The Hall–Kier alpha value is -0.530. The van der Waals surface area contributed by atoms with Crippen molar-refractivity contribution < 1.29 is 0 Å². The maximum absolute atomic E-state index is 6.14. The van der Waals surface area contributed by atoms with Crippen molar-refractivity contribution in [1.29, 1.82) is 0 Å². The van der Waals surface area contributed by atoms with Crippen molar-refractivity contribution in [3.63, 3.8) is 0 Å². The van der Waals surface area contributed by atoms with E-state index in [1.807, 2.05) is 12.1 Å². The minimum Gasteiger partial charge on any atom is -0.330 e. The number of hydrogen-bond acceptors (Lipinski definition) is 1. The Balaban J connectivity index is 2.18. The van der Waals surface area contributed by atoms with Crippen molar-refractivity contribution >= 4 is 11.6 Å². The molecule has 0 aliphatic heterocycles. The molecule has 1 unspecified atom stereocenters. The molecule has 0 spiro atoms. The summed E-state index contributed by atoms with van der Waals surface area (Å²) in [5.74, 6) is 0.769. The third kappa shape index (κ3) is 1.94. The van der Waals surface area contributed by atoms with Crippen molar-refractivity contribution in [1.82, 2.24) is 0 Å². The summed E-state index contributed by atoms with van der Waals surface area (Å²) < 4.78 is 0. The van der Waals surface area contributed by atoms with Gasteiger partial charge in [-0.25, -0.2) is 0 Å². The van der Waals surface area contributed by atoms with E-state index in [1.54, 1.807) is 0 Å². The number of rotatable bonds is 2. The molecule has 0 aromatic heterocycles. The Morgan fingerprint density at radius 3 is 3.07 bits per heavy atom. The molecule has 14 heavy (non-hydrogen) atoms. The fraction of sp³-hybridized carbons (Fsp3) is 0.500. The maximum atomic E-state index is 6.14. The Morgan fingerprint density at radius 1 is 1.43 bits per heavy atom. The zero-order valence-corrected chi connectivity index (χ0v) is 9.06. The molecule has 1 aliphatic carbocycles. The van der Waals surface area contributed by atoms with Crippen molar-refractivity contribution in [3.05, 3.63) is 34.3 Å². The van der Waals surface area contributed by atoms with Crippen LogP contribution in [0.3, 0.4) is 0 Å². The molecule has 1 atom stereocenters. The molecule has 0 bridgehead atoms. The highest BCUT2D eigenvalue weighted by Crippen LogP contribution is 2.31. The molecule has 0 fully saturated rings. The van der Waals surface area contributed by atoms with E-state index in [0.29, 0.717) is 0 Å². The number of hydrogen-bond donors (Lipinski definition) is 1. The second-order valence-corrected chi connectivity index (χ2v) is 4.47. The summed E-state index contributed by atoms with van der Waals surface area (Å²) in [5.41, 5.74) is 8.38. The molecular weight excluding hydrogens is 194 g/mol. The lowest BCUT2D eigenvalue weighted by atomic mass is 9.82. The molecule has 0 saturated heterocycles. The van der Waals surface area contributed by atoms with Crippen molar-refractivity contribution in [3.8, 4) is 0 Å². The van der Waals surface area contributed by atoms with Gasteiger partial charge in [0.25, 0.3) is 0 Å². The third-order valence-electron chi connectivity index (χ3n) is 3.10. The van der Waals surface area contributed by atoms with Gasteiger partial charge in [0, 0.05) is 5.02 Å². The van der Waals surface area contributed by atoms with Crippen LogP contribution in [0.25, 0.3) is 0 Å². The lowest BCUT2D eigenvalue weighted by Crippen LogP contribution is -2.17. The molecule has 1 aromatic rings. The van der Waals surface area contributed by atoms with Gasteiger partial charge in [0.05, 0.1) is 0 Å². The Labute approximate surface area is 90.3 Å². The molecular formula is C12H16ClN. The highest BCUT2D eigenvalue weighted by atomic mass is 35.5. The van der Waals surface area contributed by atoms with Crippen molar-refractivity contribution in [2.24, 2.45) is 11.7 Å². The van der Waals surface area contributed by atoms with Crippen LogP contribution in [0.5, 0.6) is 0 Å². The van der Waals surface area contributed by atoms with Crippen LogP contribution in [0, 0.1) is 5.92 Å². The van der Waals surface area contributed by atoms with Gasteiger partial charge in [0.2, 0.25) is 0 Å². The summed E-state index contributed by atoms with van der Waals surface area (Å²) in [5, 5.41) is 0.939. The highest BCUT2D eigenvalue weighted by molar-refractivity contribution is 6.31. The molecule has 2 N–H and O–H groups in total. The van der Waals surface area contributed by atoms with Crippen molar-refractivity contribution in [2.75, 3.05) is 6.54 Å². The van der Waals surface area contributed by atoms with E-state index in [0.717, 1.165) is 36.7 Å². The predicted octanol–water partition coefficient (Wildman–Crippen LogP) is 2.79. The minimum atomic E-state index is 0.769. The van der Waals surface area contributed by atoms with Gasteiger partial charge < -0.3 is 5.73 Å². The largest absolute Gasteiger partial charge is 0.330 e. The standard InChI is InChI=1S/C12H16ClN/c13-12-3-1-2-10-8-9(6-7-14)4-5-11(10)12/h1-3,9H,4-8,14H2. The van der Waals surface area contributed by atoms with Crippen LogP contribution in [0.1, 0.15) is 24.0 Å². The number of halogens is 1. The van der Waals surface area contributed by atoms with Gasteiger partial charge in [-0.05, 0) is 55.3 Å². The van der Waals surface area contributed by atoms with E-state index < -0.39 is 0 Å². The Kier molecular flexibility index (Phi) is 3.09. The number of benzene rings is 1. The minimum absolute atomic E-state index is 0.769. The summed E-state index contributed by atoms with van der Waals surface area (Å²) in [7, 11) is 0. The molecule has 2 heteroatoms. The van der Waals surface area contributed by atoms with Crippen LogP contribution < -0.4 is 5.73 Å². The van der Waals surface area contributed by atoms with Gasteiger partial charge in [0.15, 0.2) is 0 Å².